The lowest BCUT2D eigenvalue weighted by atomic mass is 10.2. The number of hydrazine groups is 1. The van der Waals surface area contributed by atoms with Crippen LogP contribution in [0.1, 0.15) is 13.3 Å². The molecule has 1 aliphatic heterocycles. The number of morpholine rings is 1. The molecule has 0 aromatic rings. The van der Waals surface area contributed by atoms with E-state index in [4.69, 9.17) is 14.8 Å². The molecule has 0 aromatic heterocycles. The van der Waals surface area contributed by atoms with E-state index in [0.29, 0.717) is 26.2 Å². The van der Waals surface area contributed by atoms with E-state index in [0.717, 1.165) is 0 Å². The van der Waals surface area contributed by atoms with Gasteiger partial charge in [-0.1, -0.05) is 12.1 Å². The Morgan fingerprint density at radius 2 is 2.39 bits per heavy atom. The smallest absolute Gasteiger partial charge is 0.279 e. The van der Waals surface area contributed by atoms with Gasteiger partial charge in [-0.2, -0.15) is 10.3 Å². The van der Waals surface area contributed by atoms with Crippen LogP contribution in [-0.4, -0.2) is 61.6 Å². The molecule has 1 aliphatic rings. The van der Waals surface area contributed by atoms with Crippen molar-refractivity contribution in [3.8, 4) is 6.07 Å². The van der Waals surface area contributed by atoms with Crippen LogP contribution in [0.5, 0.6) is 0 Å². The number of oxime groups is 1. The van der Waals surface area contributed by atoms with Crippen LogP contribution in [0.25, 0.3) is 0 Å². The van der Waals surface area contributed by atoms with Gasteiger partial charge in [0.15, 0.2) is 0 Å². The second-order valence-corrected chi connectivity index (χ2v) is 3.98. The van der Waals surface area contributed by atoms with Crippen LogP contribution < -0.4 is 0 Å². The highest BCUT2D eigenvalue weighted by Gasteiger charge is 2.26. The number of hydrogen-bond acceptors (Lipinski definition) is 7. The van der Waals surface area contributed by atoms with Gasteiger partial charge in [-0.15, -0.1) is 0 Å². The van der Waals surface area contributed by atoms with Crippen molar-refractivity contribution in [2.45, 2.75) is 19.6 Å². The van der Waals surface area contributed by atoms with Crippen LogP contribution in [-0.2, 0) is 14.4 Å². The van der Waals surface area contributed by atoms with E-state index in [2.05, 4.69) is 5.16 Å². The molecule has 0 bridgehead atoms. The molecule has 0 radical (unpaired) electrons. The van der Waals surface area contributed by atoms with Crippen molar-refractivity contribution in [2.24, 2.45) is 5.16 Å². The van der Waals surface area contributed by atoms with Crippen LogP contribution in [0.2, 0.25) is 0 Å². The minimum Gasteiger partial charge on any atom is -0.375 e. The minimum absolute atomic E-state index is 0.127. The average Bonchev–Trinajstić information content (AvgIpc) is 2.39. The molecule has 7 nitrogen and oxygen atoms in total. The van der Waals surface area contributed by atoms with Crippen molar-refractivity contribution >= 4 is 11.5 Å². The second kappa shape index (κ2) is 7.06. The number of ether oxygens (including phenoxy) is 1. The summed E-state index contributed by atoms with van der Waals surface area (Å²) in [5.41, 5.74) is 0.127. The lowest BCUT2D eigenvalue weighted by molar-refractivity contribution is -0.205. The maximum atomic E-state index is 11.2. The Hall–Kier alpha value is -1.49. The van der Waals surface area contributed by atoms with Crippen LogP contribution in [0.15, 0.2) is 5.16 Å². The standard InChI is InChI=1S/C11H18N4O3/c1-4-9(10(16)7-12)13-18-11-8-17-6-5-15(11)14(2)3/h11H,4-6,8H2,1-3H3. The first-order valence-electron chi connectivity index (χ1n) is 5.78. The van der Waals surface area contributed by atoms with Gasteiger partial charge in [-0.3, -0.25) is 4.79 Å². The third-order valence-corrected chi connectivity index (χ3v) is 2.55. The first kappa shape index (κ1) is 14.6. The molecule has 0 N–H and O–H groups in total. The summed E-state index contributed by atoms with van der Waals surface area (Å²) in [6.07, 6.45) is -0.0103. The van der Waals surface area contributed by atoms with Gasteiger partial charge in [0.25, 0.3) is 5.78 Å². The largest absolute Gasteiger partial charge is 0.375 e. The van der Waals surface area contributed by atoms with Gasteiger partial charge >= 0.3 is 0 Å². The zero-order valence-electron chi connectivity index (χ0n) is 10.9. The summed E-state index contributed by atoms with van der Waals surface area (Å²) < 4.78 is 5.30. The van der Waals surface area contributed by atoms with E-state index in [-0.39, 0.29) is 11.9 Å². The molecule has 1 fully saturated rings. The molecule has 0 spiro atoms. The Balaban J connectivity index is 2.67. The number of carbonyl (C=O) groups excluding carboxylic acids is 1. The van der Waals surface area contributed by atoms with E-state index in [1.807, 2.05) is 24.1 Å². The molecular formula is C11H18N4O3. The Morgan fingerprint density at radius 1 is 1.67 bits per heavy atom. The highest BCUT2D eigenvalue weighted by molar-refractivity contribution is 6.45. The second-order valence-electron chi connectivity index (χ2n) is 3.98. The molecule has 0 aliphatic carbocycles. The first-order chi connectivity index (χ1) is 8.60. The number of rotatable bonds is 5. The molecule has 1 rings (SSSR count). The van der Waals surface area contributed by atoms with Crippen molar-refractivity contribution in [3.63, 3.8) is 0 Å². The van der Waals surface area contributed by atoms with E-state index in [1.165, 1.54) is 6.07 Å². The Kier molecular flexibility index (Phi) is 5.71. The first-order valence-corrected chi connectivity index (χ1v) is 5.78. The maximum absolute atomic E-state index is 11.2. The molecule has 0 aromatic carbocycles. The van der Waals surface area contributed by atoms with Gasteiger partial charge in [0.2, 0.25) is 6.23 Å². The van der Waals surface area contributed by atoms with Crippen LogP contribution in [0.3, 0.4) is 0 Å². The molecule has 1 saturated heterocycles. The highest BCUT2D eigenvalue weighted by Crippen LogP contribution is 2.10. The number of ketones is 1. The maximum Gasteiger partial charge on any atom is 0.279 e. The summed E-state index contributed by atoms with van der Waals surface area (Å²) in [7, 11) is 3.79. The summed E-state index contributed by atoms with van der Waals surface area (Å²) in [6, 6.07) is 1.53. The monoisotopic (exact) mass is 254 g/mol. The van der Waals surface area contributed by atoms with E-state index < -0.39 is 5.78 Å². The lowest BCUT2D eigenvalue weighted by Crippen LogP contribution is -2.52. The normalized spacial score (nSPS) is 21.7. The minimum atomic E-state index is -0.661. The van der Waals surface area contributed by atoms with Crippen molar-refractivity contribution < 1.29 is 14.4 Å². The number of nitrogens with zero attached hydrogens (tertiary/aromatic N) is 4. The van der Waals surface area contributed by atoms with E-state index in [1.54, 1.807) is 6.92 Å². The molecule has 100 valence electrons. The van der Waals surface area contributed by atoms with Crippen molar-refractivity contribution in [2.75, 3.05) is 33.9 Å². The van der Waals surface area contributed by atoms with Crippen LogP contribution >= 0.6 is 0 Å². The third kappa shape index (κ3) is 3.77. The Bertz CT molecular complexity index is 362. The average molecular weight is 254 g/mol. The molecule has 1 atom stereocenters. The SMILES string of the molecule is CCC(=NOC1COCCN1N(C)C)C(=O)C#N. The fourth-order valence-corrected chi connectivity index (χ4v) is 1.57. The Morgan fingerprint density at radius 3 is 2.94 bits per heavy atom. The summed E-state index contributed by atoms with van der Waals surface area (Å²) in [4.78, 5) is 16.5. The highest BCUT2D eigenvalue weighted by atomic mass is 16.7. The number of nitriles is 1. The molecule has 1 heterocycles. The zero-order valence-corrected chi connectivity index (χ0v) is 10.9. The fraction of sp³-hybridized carbons (Fsp3) is 0.727. The van der Waals surface area contributed by atoms with Gasteiger partial charge in [-0.05, 0) is 6.42 Å². The molecule has 1 unspecified atom stereocenters. The number of Topliss-reactive ketones (excluding diaryl/α,β-unsaturated/α-hetero) is 1. The molecule has 0 amide bonds. The van der Waals surface area contributed by atoms with Gasteiger partial charge in [-0.25, -0.2) is 5.01 Å². The summed E-state index contributed by atoms with van der Waals surface area (Å²) >= 11 is 0. The number of hydrogen-bond donors (Lipinski definition) is 0. The zero-order chi connectivity index (χ0) is 13.5. The Labute approximate surface area is 107 Å². The van der Waals surface area contributed by atoms with Gasteiger partial charge in [0.1, 0.15) is 18.4 Å². The molecule has 18 heavy (non-hydrogen) atoms. The lowest BCUT2D eigenvalue weighted by Gasteiger charge is -2.37. The predicted octanol–water partition coefficient (Wildman–Crippen LogP) is -0.00342. The number of carbonyl (C=O) groups is 1. The van der Waals surface area contributed by atoms with Crippen molar-refractivity contribution in [1.29, 1.82) is 5.26 Å². The van der Waals surface area contributed by atoms with Crippen molar-refractivity contribution in [3.05, 3.63) is 0 Å². The van der Waals surface area contributed by atoms with E-state index in [9.17, 15) is 4.79 Å². The van der Waals surface area contributed by atoms with Crippen LogP contribution in [0.4, 0.5) is 0 Å². The molecular weight excluding hydrogens is 236 g/mol. The summed E-state index contributed by atoms with van der Waals surface area (Å²) in [6.45, 7) is 3.44. The molecule has 7 heteroatoms. The summed E-state index contributed by atoms with van der Waals surface area (Å²) in [5, 5.41) is 16.1. The van der Waals surface area contributed by atoms with Crippen LogP contribution in [0, 0.1) is 11.3 Å². The third-order valence-electron chi connectivity index (χ3n) is 2.55. The topological polar surface area (TPSA) is 78.2 Å². The fourth-order valence-electron chi connectivity index (χ4n) is 1.57. The van der Waals surface area contributed by atoms with Gasteiger partial charge < -0.3 is 9.57 Å². The van der Waals surface area contributed by atoms with E-state index >= 15 is 0 Å². The molecule has 0 saturated carbocycles. The predicted molar refractivity (Wildman–Crippen MR) is 64.4 cm³/mol. The van der Waals surface area contributed by atoms with Gasteiger partial charge in [0, 0.05) is 20.6 Å². The quantitative estimate of drug-likeness (QED) is 0.390. The van der Waals surface area contributed by atoms with Gasteiger partial charge in [0.05, 0.1) is 6.61 Å². The summed E-state index contributed by atoms with van der Waals surface area (Å²) in [5.74, 6) is -0.661. The van der Waals surface area contributed by atoms with Crippen molar-refractivity contribution in [1.82, 2.24) is 10.0 Å².